The van der Waals surface area contributed by atoms with Crippen LogP contribution in [-0.2, 0) is 9.84 Å². The van der Waals surface area contributed by atoms with E-state index in [2.05, 4.69) is 0 Å². The quantitative estimate of drug-likeness (QED) is 0.794. The Labute approximate surface area is 139 Å². The molecule has 0 atom stereocenters. The Balaban J connectivity index is 2.18. The minimum absolute atomic E-state index is 0.0392. The number of hydrogen-bond donors (Lipinski definition) is 0. The van der Waals surface area contributed by atoms with Gasteiger partial charge in [-0.15, -0.1) is 0 Å². The van der Waals surface area contributed by atoms with E-state index in [1.807, 2.05) is 0 Å². The summed E-state index contributed by atoms with van der Waals surface area (Å²) in [6, 6.07) is 10.6. The van der Waals surface area contributed by atoms with Gasteiger partial charge < -0.3 is 4.74 Å². The van der Waals surface area contributed by atoms with Crippen LogP contribution in [0.2, 0.25) is 0 Å². The number of carbonyl (C=O) groups is 2. The van der Waals surface area contributed by atoms with Crippen molar-refractivity contribution < 1.29 is 22.7 Å². The highest BCUT2D eigenvalue weighted by Gasteiger charge is 2.38. The molecule has 0 spiro atoms. The minimum Gasteiger partial charge on any atom is -0.495 e. The molecule has 0 radical (unpaired) electrons. The van der Waals surface area contributed by atoms with Crippen molar-refractivity contribution in [1.29, 1.82) is 0 Å². The number of hydrogen-bond acceptors (Lipinski definition) is 5. The molecule has 0 saturated heterocycles. The van der Waals surface area contributed by atoms with Gasteiger partial charge in [0.05, 0.1) is 34.6 Å². The van der Waals surface area contributed by atoms with Gasteiger partial charge >= 0.3 is 0 Å². The van der Waals surface area contributed by atoms with Crippen molar-refractivity contribution in [1.82, 2.24) is 0 Å². The number of nitrogens with zero attached hydrogens (tertiary/aromatic N) is 1. The summed E-state index contributed by atoms with van der Waals surface area (Å²) in [5.74, 6) is -0.833. The second kappa shape index (κ2) is 5.76. The van der Waals surface area contributed by atoms with Crippen molar-refractivity contribution in [2.75, 3.05) is 17.8 Å². The Morgan fingerprint density at radius 3 is 2.08 bits per heavy atom. The second-order valence-electron chi connectivity index (χ2n) is 5.23. The standard InChI is InChI=1S/C17H15NO5S/c1-3-24(21,22)11-8-9-15(23-2)14(10-11)18-16(19)12-6-4-5-7-13(12)17(18)20/h4-10H,3H2,1-2H3. The number of sulfone groups is 1. The SMILES string of the molecule is CCS(=O)(=O)c1ccc(OC)c(N2C(=O)c3ccccc3C2=O)c1. The van der Waals surface area contributed by atoms with E-state index in [-0.39, 0.29) is 33.2 Å². The van der Waals surface area contributed by atoms with E-state index in [4.69, 9.17) is 4.74 Å². The zero-order chi connectivity index (χ0) is 17.5. The molecular weight excluding hydrogens is 330 g/mol. The lowest BCUT2D eigenvalue weighted by atomic mass is 10.1. The van der Waals surface area contributed by atoms with Gasteiger partial charge in [-0.3, -0.25) is 9.59 Å². The maximum absolute atomic E-state index is 12.6. The van der Waals surface area contributed by atoms with Crippen molar-refractivity contribution in [3.05, 3.63) is 53.6 Å². The van der Waals surface area contributed by atoms with E-state index in [1.165, 1.54) is 32.2 Å². The summed E-state index contributed by atoms with van der Waals surface area (Å²) in [6.07, 6.45) is 0. The van der Waals surface area contributed by atoms with E-state index in [9.17, 15) is 18.0 Å². The highest BCUT2D eigenvalue weighted by Crippen LogP contribution is 2.36. The fraction of sp³-hybridized carbons (Fsp3) is 0.176. The smallest absolute Gasteiger partial charge is 0.266 e. The first-order chi connectivity index (χ1) is 11.4. The first-order valence-electron chi connectivity index (χ1n) is 7.29. The third kappa shape index (κ3) is 2.37. The van der Waals surface area contributed by atoms with E-state index in [0.717, 1.165) is 4.90 Å². The first kappa shape index (κ1) is 16.2. The van der Waals surface area contributed by atoms with Gasteiger partial charge in [-0.25, -0.2) is 13.3 Å². The van der Waals surface area contributed by atoms with Crippen molar-refractivity contribution in [3.63, 3.8) is 0 Å². The number of benzene rings is 2. The van der Waals surface area contributed by atoms with Crippen molar-refractivity contribution in [3.8, 4) is 5.75 Å². The van der Waals surface area contributed by atoms with Crippen molar-refractivity contribution in [2.45, 2.75) is 11.8 Å². The van der Waals surface area contributed by atoms with Crippen LogP contribution in [0.15, 0.2) is 47.4 Å². The molecule has 124 valence electrons. The third-order valence-electron chi connectivity index (χ3n) is 3.92. The summed E-state index contributed by atoms with van der Waals surface area (Å²) >= 11 is 0. The number of methoxy groups -OCH3 is 1. The Morgan fingerprint density at radius 1 is 1.00 bits per heavy atom. The Kier molecular flexibility index (Phi) is 3.88. The Bertz CT molecular complexity index is 914. The predicted molar refractivity (Wildman–Crippen MR) is 88.3 cm³/mol. The fourth-order valence-corrected chi connectivity index (χ4v) is 3.51. The largest absolute Gasteiger partial charge is 0.495 e. The Morgan fingerprint density at radius 2 is 1.58 bits per heavy atom. The van der Waals surface area contributed by atoms with Crippen molar-refractivity contribution in [2.24, 2.45) is 0 Å². The average molecular weight is 345 g/mol. The zero-order valence-corrected chi connectivity index (χ0v) is 14.0. The second-order valence-corrected chi connectivity index (χ2v) is 7.51. The van der Waals surface area contributed by atoms with Crippen molar-refractivity contribution >= 4 is 27.3 Å². The molecule has 2 aromatic carbocycles. The van der Waals surface area contributed by atoms with Gasteiger partial charge in [0.25, 0.3) is 11.8 Å². The number of amides is 2. The molecule has 1 aliphatic rings. The summed E-state index contributed by atoms with van der Waals surface area (Å²) in [4.78, 5) is 26.2. The number of anilines is 1. The molecule has 0 aromatic heterocycles. The molecule has 3 rings (SSSR count). The van der Waals surface area contributed by atoms with E-state index in [0.29, 0.717) is 0 Å². The van der Waals surface area contributed by atoms with Crippen LogP contribution in [0, 0.1) is 0 Å². The van der Waals surface area contributed by atoms with Crippen LogP contribution in [0.3, 0.4) is 0 Å². The molecule has 0 N–H and O–H groups in total. The molecule has 0 aliphatic carbocycles. The number of carbonyl (C=O) groups excluding carboxylic acids is 2. The molecule has 0 fully saturated rings. The number of fused-ring (bicyclic) bond motifs is 1. The number of rotatable bonds is 4. The van der Waals surface area contributed by atoms with E-state index < -0.39 is 21.7 Å². The first-order valence-corrected chi connectivity index (χ1v) is 8.94. The van der Waals surface area contributed by atoms with Gasteiger partial charge in [-0.2, -0.15) is 0 Å². The Hall–Kier alpha value is -2.67. The van der Waals surface area contributed by atoms with Crippen LogP contribution in [-0.4, -0.2) is 33.1 Å². The predicted octanol–water partition coefficient (Wildman–Crippen LogP) is 2.29. The van der Waals surface area contributed by atoms with E-state index >= 15 is 0 Å². The van der Waals surface area contributed by atoms with Crippen LogP contribution >= 0.6 is 0 Å². The van der Waals surface area contributed by atoms with Gasteiger partial charge in [-0.1, -0.05) is 19.1 Å². The summed E-state index contributed by atoms with van der Waals surface area (Å²) in [7, 11) is -2.09. The number of ether oxygens (including phenoxy) is 1. The summed E-state index contributed by atoms with van der Waals surface area (Å²) < 4.78 is 29.5. The van der Waals surface area contributed by atoms with E-state index in [1.54, 1.807) is 24.3 Å². The lowest BCUT2D eigenvalue weighted by molar-refractivity contribution is 0.0925. The maximum atomic E-state index is 12.6. The van der Waals surface area contributed by atoms with Crippen LogP contribution in [0.4, 0.5) is 5.69 Å². The molecule has 7 heteroatoms. The summed E-state index contributed by atoms with van der Waals surface area (Å²) in [5, 5.41) is 0. The fourth-order valence-electron chi connectivity index (χ4n) is 2.61. The van der Waals surface area contributed by atoms with Crippen LogP contribution in [0.1, 0.15) is 27.6 Å². The topological polar surface area (TPSA) is 80.8 Å². The van der Waals surface area contributed by atoms with Gasteiger partial charge in [0.15, 0.2) is 9.84 Å². The number of imide groups is 1. The molecule has 1 heterocycles. The summed E-state index contributed by atoms with van der Waals surface area (Å²) in [5.41, 5.74) is 0.694. The lowest BCUT2D eigenvalue weighted by Crippen LogP contribution is -2.30. The highest BCUT2D eigenvalue weighted by atomic mass is 32.2. The molecule has 0 unspecified atom stereocenters. The summed E-state index contributed by atoms with van der Waals surface area (Å²) in [6.45, 7) is 1.53. The maximum Gasteiger partial charge on any atom is 0.266 e. The van der Waals surface area contributed by atoms with Gasteiger partial charge in [-0.05, 0) is 30.3 Å². The molecule has 0 bridgehead atoms. The molecule has 24 heavy (non-hydrogen) atoms. The molecule has 2 aromatic rings. The highest BCUT2D eigenvalue weighted by molar-refractivity contribution is 7.91. The normalized spacial score (nSPS) is 14.0. The van der Waals surface area contributed by atoms with Gasteiger partial charge in [0.1, 0.15) is 5.75 Å². The average Bonchev–Trinajstić information content (AvgIpc) is 2.85. The molecule has 6 nitrogen and oxygen atoms in total. The third-order valence-corrected chi connectivity index (χ3v) is 5.66. The van der Waals surface area contributed by atoms with Gasteiger partial charge in [0, 0.05) is 0 Å². The minimum atomic E-state index is -3.48. The lowest BCUT2D eigenvalue weighted by Gasteiger charge is -2.18. The van der Waals surface area contributed by atoms with Crippen LogP contribution < -0.4 is 9.64 Å². The van der Waals surface area contributed by atoms with Crippen LogP contribution in [0.5, 0.6) is 5.75 Å². The molecule has 1 aliphatic heterocycles. The van der Waals surface area contributed by atoms with Gasteiger partial charge in [0.2, 0.25) is 0 Å². The zero-order valence-electron chi connectivity index (χ0n) is 13.1. The molecule has 2 amide bonds. The molecule has 0 saturated carbocycles. The monoisotopic (exact) mass is 345 g/mol. The van der Waals surface area contributed by atoms with Crippen LogP contribution in [0.25, 0.3) is 0 Å². The molecular formula is C17H15NO5S.